The van der Waals surface area contributed by atoms with E-state index in [1.54, 1.807) is 0 Å². The van der Waals surface area contributed by atoms with Crippen molar-refractivity contribution in [1.82, 2.24) is 4.90 Å². The van der Waals surface area contributed by atoms with E-state index in [4.69, 9.17) is 0 Å². The van der Waals surface area contributed by atoms with Crippen LogP contribution in [0.15, 0.2) is 30.3 Å². The zero-order valence-corrected chi connectivity index (χ0v) is 15.2. The number of nitrogens with zero attached hydrogens (tertiary/aromatic N) is 1. The molecule has 0 saturated heterocycles. The number of hydrogen-bond donors (Lipinski definition) is 1. The normalized spacial score (nSPS) is 13.3. The molecule has 0 amide bonds. The molecule has 0 aliphatic heterocycles. The highest BCUT2D eigenvalue weighted by atomic mass is 32.1. The Hall–Kier alpha value is -0.470. The van der Waals surface area contributed by atoms with E-state index in [1.165, 1.54) is 31.5 Å². The minimum atomic E-state index is 0.536. The van der Waals surface area contributed by atoms with E-state index >= 15 is 0 Å². The van der Waals surface area contributed by atoms with Gasteiger partial charge in [-0.25, -0.2) is 0 Å². The Morgan fingerprint density at radius 3 is 1.86 bits per heavy atom. The van der Waals surface area contributed by atoms with Crippen LogP contribution < -0.4 is 0 Å². The molecule has 0 radical (unpaired) electrons. The minimum Gasteiger partial charge on any atom is -0.303 e. The van der Waals surface area contributed by atoms with Crippen molar-refractivity contribution in [2.75, 3.05) is 25.4 Å². The maximum atomic E-state index is 4.59. The monoisotopic (exact) mass is 307 g/mol. The highest BCUT2D eigenvalue weighted by Crippen LogP contribution is 2.19. The van der Waals surface area contributed by atoms with Gasteiger partial charge in [0.05, 0.1) is 0 Å². The fourth-order valence-corrected chi connectivity index (χ4v) is 2.81. The smallest absolute Gasteiger partial charge is 0.00581 e. The number of rotatable bonds is 10. The van der Waals surface area contributed by atoms with Gasteiger partial charge < -0.3 is 4.90 Å². The van der Waals surface area contributed by atoms with Crippen LogP contribution in [0, 0.1) is 11.8 Å². The largest absolute Gasteiger partial charge is 0.303 e. The van der Waals surface area contributed by atoms with Crippen LogP contribution in [0.1, 0.15) is 52.0 Å². The summed E-state index contributed by atoms with van der Waals surface area (Å²) in [5.41, 5.74) is 1.42. The van der Waals surface area contributed by atoms with Gasteiger partial charge in [-0.05, 0) is 49.1 Å². The van der Waals surface area contributed by atoms with Crippen molar-refractivity contribution in [3.8, 4) is 0 Å². The summed E-state index contributed by atoms with van der Waals surface area (Å²) < 4.78 is 0. The molecule has 1 aromatic rings. The SMILES string of the molecule is CC(C)CCN(CCC(C)C)CC(CS)c1ccccc1. The third-order valence-electron chi connectivity index (χ3n) is 4.02. The van der Waals surface area contributed by atoms with Crippen molar-refractivity contribution in [3.05, 3.63) is 35.9 Å². The summed E-state index contributed by atoms with van der Waals surface area (Å²) in [5.74, 6) is 3.01. The molecule has 0 aromatic heterocycles. The van der Waals surface area contributed by atoms with Crippen LogP contribution in [-0.2, 0) is 0 Å². The summed E-state index contributed by atoms with van der Waals surface area (Å²) in [4.78, 5) is 2.65. The van der Waals surface area contributed by atoms with Gasteiger partial charge in [0.2, 0.25) is 0 Å². The highest BCUT2D eigenvalue weighted by molar-refractivity contribution is 7.80. The molecule has 1 rings (SSSR count). The van der Waals surface area contributed by atoms with Crippen molar-refractivity contribution in [2.45, 2.75) is 46.5 Å². The van der Waals surface area contributed by atoms with Crippen LogP contribution in [0.3, 0.4) is 0 Å². The first-order chi connectivity index (χ1) is 10.0. The van der Waals surface area contributed by atoms with Gasteiger partial charge in [0.1, 0.15) is 0 Å². The van der Waals surface area contributed by atoms with E-state index in [9.17, 15) is 0 Å². The molecule has 0 aliphatic carbocycles. The molecule has 0 N–H and O–H groups in total. The van der Waals surface area contributed by atoms with Crippen LogP contribution in [-0.4, -0.2) is 30.3 Å². The summed E-state index contributed by atoms with van der Waals surface area (Å²) in [6.07, 6.45) is 2.57. The third-order valence-corrected chi connectivity index (χ3v) is 4.46. The average Bonchev–Trinajstić information content (AvgIpc) is 2.47. The van der Waals surface area contributed by atoms with Gasteiger partial charge in [0.25, 0.3) is 0 Å². The molecule has 0 spiro atoms. The molecule has 1 unspecified atom stereocenters. The zero-order chi connectivity index (χ0) is 15.7. The Kier molecular flexibility index (Phi) is 9.10. The van der Waals surface area contributed by atoms with Crippen LogP contribution >= 0.6 is 12.6 Å². The van der Waals surface area contributed by atoms with Gasteiger partial charge in [-0.3, -0.25) is 0 Å². The van der Waals surface area contributed by atoms with Crippen molar-refractivity contribution in [2.24, 2.45) is 11.8 Å². The highest BCUT2D eigenvalue weighted by Gasteiger charge is 2.15. The predicted molar refractivity (Wildman–Crippen MR) is 98.4 cm³/mol. The lowest BCUT2D eigenvalue weighted by atomic mass is 9.99. The summed E-state index contributed by atoms with van der Waals surface area (Å²) in [5, 5.41) is 0. The predicted octanol–water partition coefficient (Wildman–Crippen LogP) is 5.09. The Morgan fingerprint density at radius 1 is 0.905 bits per heavy atom. The first-order valence-corrected chi connectivity index (χ1v) is 9.04. The molecule has 120 valence electrons. The molecule has 1 aromatic carbocycles. The van der Waals surface area contributed by atoms with Crippen molar-refractivity contribution in [1.29, 1.82) is 0 Å². The second-order valence-electron chi connectivity index (χ2n) is 6.96. The van der Waals surface area contributed by atoms with Crippen LogP contribution in [0.5, 0.6) is 0 Å². The molecule has 2 heteroatoms. The first kappa shape index (κ1) is 18.6. The molecule has 0 bridgehead atoms. The van der Waals surface area contributed by atoms with Gasteiger partial charge in [0, 0.05) is 12.5 Å². The maximum Gasteiger partial charge on any atom is 0.00581 e. The molecule has 1 atom stereocenters. The molecule has 1 nitrogen and oxygen atoms in total. The molecule has 0 aliphatic rings. The van der Waals surface area contributed by atoms with E-state index < -0.39 is 0 Å². The Bertz CT molecular complexity index is 349. The lowest BCUT2D eigenvalue weighted by Crippen LogP contribution is -2.32. The van der Waals surface area contributed by atoms with E-state index in [2.05, 4.69) is 75.6 Å². The minimum absolute atomic E-state index is 0.536. The fraction of sp³-hybridized carbons (Fsp3) is 0.684. The maximum absolute atomic E-state index is 4.59. The molecule has 0 saturated carbocycles. The first-order valence-electron chi connectivity index (χ1n) is 8.41. The quantitative estimate of drug-likeness (QED) is 0.589. The molecular weight excluding hydrogens is 274 g/mol. The Balaban J connectivity index is 2.63. The van der Waals surface area contributed by atoms with E-state index in [1.807, 2.05) is 0 Å². The number of hydrogen-bond acceptors (Lipinski definition) is 2. The third kappa shape index (κ3) is 7.92. The lowest BCUT2D eigenvalue weighted by Gasteiger charge is -2.28. The fourth-order valence-electron chi connectivity index (χ4n) is 2.48. The van der Waals surface area contributed by atoms with E-state index in [-0.39, 0.29) is 0 Å². The molecular formula is C19H33NS. The average molecular weight is 308 g/mol. The Labute approximate surface area is 137 Å². The van der Waals surface area contributed by atoms with Crippen LogP contribution in [0.4, 0.5) is 0 Å². The van der Waals surface area contributed by atoms with E-state index in [0.29, 0.717) is 5.92 Å². The van der Waals surface area contributed by atoms with Crippen LogP contribution in [0.25, 0.3) is 0 Å². The summed E-state index contributed by atoms with van der Waals surface area (Å²) in [6, 6.07) is 10.8. The van der Waals surface area contributed by atoms with Gasteiger partial charge in [-0.2, -0.15) is 12.6 Å². The standard InChI is InChI=1S/C19H33NS/c1-16(2)10-12-20(13-11-17(3)4)14-19(15-21)18-8-6-5-7-9-18/h5-9,16-17,19,21H,10-15H2,1-4H3. The van der Waals surface area contributed by atoms with Gasteiger partial charge in [-0.15, -0.1) is 0 Å². The summed E-state index contributed by atoms with van der Waals surface area (Å²) in [6.45, 7) is 12.8. The Morgan fingerprint density at radius 2 is 1.43 bits per heavy atom. The van der Waals surface area contributed by atoms with Crippen molar-refractivity contribution < 1.29 is 0 Å². The zero-order valence-electron chi connectivity index (χ0n) is 14.3. The van der Waals surface area contributed by atoms with Gasteiger partial charge >= 0.3 is 0 Å². The summed E-state index contributed by atoms with van der Waals surface area (Å²) in [7, 11) is 0. The van der Waals surface area contributed by atoms with Crippen molar-refractivity contribution >= 4 is 12.6 Å². The molecule has 0 heterocycles. The summed E-state index contributed by atoms with van der Waals surface area (Å²) >= 11 is 4.59. The number of thiol groups is 1. The molecule has 21 heavy (non-hydrogen) atoms. The topological polar surface area (TPSA) is 3.24 Å². The van der Waals surface area contributed by atoms with Gasteiger partial charge in [-0.1, -0.05) is 58.0 Å². The van der Waals surface area contributed by atoms with Crippen molar-refractivity contribution in [3.63, 3.8) is 0 Å². The second-order valence-corrected chi connectivity index (χ2v) is 7.32. The molecule has 0 fully saturated rings. The van der Waals surface area contributed by atoms with Crippen LogP contribution in [0.2, 0.25) is 0 Å². The lowest BCUT2D eigenvalue weighted by molar-refractivity contribution is 0.234. The van der Waals surface area contributed by atoms with Gasteiger partial charge in [0.15, 0.2) is 0 Å². The van der Waals surface area contributed by atoms with E-state index in [0.717, 1.165) is 24.1 Å². The second kappa shape index (κ2) is 10.3. The number of benzene rings is 1.